The highest BCUT2D eigenvalue weighted by Gasteiger charge is 2.37. The zero-order chi connectivity index (χ0) is 32.4. The van der Waals surface area contributed by atoms with Gasteiger partial charge in [0.05, 0.1) is 13.0 Å². The first kappa shape index (κ1) is 33.4. The van der Waals surface area contributed by atoms with Gasteiger partial charge in [-0.3, -0.25) is 43.3 Å². The van der Waals surface area contributed by atoms with E-state index in [0.717, 1.165) is 17.1 Å². The highest BCUT2D eigenvalue weighted by atomic mass is 16.5. The molecule has 1 aromatic rings. The summed E-state index contributed by atoms with van der Waals surface area (Å²) in [5, 5.41) is 26.1. The maximum absolute atomic E-state index is 13.1. The number of hydrogen-bond acceptors (Lipinski definition) is 10. The summed E-state index contributed by atoms with van der Waals surface area (Å²) in [6.45, 7) is 0.463. The Morgan fingerprint density at radius 2 is 1.64 bits per heavy atom. The van der Waals surface area contributed by atoms with Gasteiger partial charge in [0.25, 0.3) is 11.8 Å². The Hall–Kier alpha value is -5.12. The lowest BCUT2D eigenvalue weighted by Gasteiger charge is -2.27. The zero-order valence-corrected chi connectivity index (χ0v) is 23.8. The molecular formula is C28H33N5O11. The van der Waals surface area contributed by atoms with E-state index >= 15 is 0 Å². The molecule has 0 saturated carbocycles. The van der Waals surface area contributed by atoms with E-state index in [4.69, 9.17) is 4.74 Å². The van der Waals surface area contributed by atoms with Gasteiger partial charge in [0, 0.05) is 44.3 Å². The topological polar surface area (TPSA) is 229 Å². The third-order valence-corrected chi connectivity index (χ3v) is 6.82. The van der Waals surface area contributed by atoms with Gasteiger partial charge in [-0.05, 0) is 30.5 Å². The summed E-state index contributed by atoms with van der Waals surface area (Å²) < 4.78 is 4.89. The van der Waals surface area contributed by atoms with Crippen LogP contribution in [-0.4, -0.2) is 105 Å². The number of amides is 6. The molecule has 3 atom stereocenters. The summed E-state index contributed by atoms with van der Waals surface area (Å²) in [5.41, 5.74) is 0.944. The number of carboxylic acids is 1. The standard InChI is InChI=1S/C28H33N5O11/c1-16(35)44-15-17-4-6-18(7-5-17)29-27(42)20(14-34)31-26(41)19(13-25(39)40)30-28(43)21-3-2-11-32(21)24(38)10-12-33-22(36)8-9-23(33)37/h4-9,19-21,34H,2-3,10-15H2,1H3,(H,29,42)(H,30,43)(H,31,41)(H,39,40)/t19-,20-,21-/m0/s1. The number of carbonyl (C=O) groups is 8. The van der Waals surface area contributed by atoms with Crippen LogP contribution in [-0.2, 0) is 49.7 Å². The smallest absolute Gasteiger partial charge is 0.305 e. The lowest BCUT2D eigenvalue weighted by atomic mass is 10.1. The molecule has 0 radical (unpaired) electrons. The number of anilines is 1. The minimum atomic E-state index is -1.65. The molecule has 5 N–H and O–H groups in total. The van der Waals surface area contributed by atoms with Crippen LogP contribution in [0, 0.1) is 0 Å². The Morgan fingerprint density at radius 3 is 2.23 bits per heavy atom. The number of aliphatic hydroxyl groups is 1. The average molecular weight is 616 g/mol. The number of aliphatic hydroxyl groups excluding tert-OH is 1. The van der Waals surface area contributed by atoms with Crippen LogP contribution in [0.15, 0.2) is 36.4 Å². The summed E-state index contributed by atoms with van der Waals surface area (Å²) >= 11 is 0. The van der Waals surface area contributed by atoms with E-state index < -0.39 is 78.5 Å². The van der Waals surface area contributed by atoms with Crippen LogP contribution in [0.3, 0.4) is 0 Å². The largest absolute Gasteiger partial charge is 0.481 e. The van der Waals surface area contributed by atoms with Crippen LogP contribution in [0.5, 0.6) is 0 Å². The summed E-state index contributed by atoms with van der Waals surface area (Å²) in [7, 11) is 0. The van der Waals surface area contributed by atoms with E-state index in [1.54, 1.807) is 12.1 Å². The number of nitrogens with one attached hydrogen (secondary N) is 3. The number of benzene rings is 1. The fraction of sp³-hybridized carbons (Fsp3) is 0.429. The molecule has 1 fully saturated rings. The predicted octanol–water partition coefficient (Wildman–Crippen LogP) is -1.57. The highest BCUT2D eigenvalue weighted by molar-refractivity contribution is 6.13. The minimum absolute atomic E-state index is 0.0285. The van der Waals surface area contributed by atoms with Gasteiger partial charge in [-0.15, -0.1) is 0 Å². The van der Waals surface area contributed by atoms with E-state index in [2.05, 4.69) is 16.0 Å². The average Bonchev–Trinajstić information content (AvgIpc) is 3.60. The number of likely N-dealkylation sites (tertiary alicyclic amines) is 1. The molecule has 16 heteroatoms. The second-order valence-corrected chi connectivity index (χ2v) is 10.0. The van der Waals surface area contributed by atoms with Crippen LogP contribution in [0.25, 0.3) is 0 Å². The van der Waals surface area contributed by atoms with Crippen molar-refractivity contribution in [3.05, 3.63) is 42.0 Å². The molecule has 0 aromatic heterocycles. The van der Waals surface area contributed by atoms with Crippen molar-refractivity contribution in [2.45, 2.75) is 57.3 Å². The van der Waals surface area contributed by atoms with E-state index in [1.807, 2.05) is 0 Å². The molecule has 2 aliphatic rings. The number of rotatable bonds is 14. The molecule has 1 saturated heterocycles. The quantitative estimate of drug-likeness (QED) is 0.119. The van der Waals surface area contributed by atoms with Crippen LogP contribution in [0.1, 0.15) is 38.2 Å². The molecule has 0 bridgehead atoms. The molecule has 16 nitrogen and oxygen atoms in total. The molecule has 2 aliphatic heterocycles. The zero-order valence-electron chi connectivity index (χ0n) is 23.8. The van der Waals surface area contributed by atoms with Gasteiger partial charge in [0.1, 0.15) is 24.7 Å². The highest BCUT2D eigenvalue weighted by Crippen LogP contribution is 2.20. The minimum Gasteiger partial charge on any atom is -0.481 e. The Kier molecular flexibility index (Phi) is 11.7. The molecule has 0 aliphatic carbocycles. The first-order valence-corrected chi connectivity index (χ1v) is 13.7. The van der Waals surface area contributed by atoms with Gasteiger partial charge in [-0.25, -0.2) is 0 Å². The van der Waals surface area contributed by atoms with E-state index in [1.165, 1.54) is 24.0 Å². The molecular weight excluding hydrogens is 582 g/mol. The fourth-order valence-electron chi connectivity index (χ4n) is 4.56. The number of hydrogen-bond donors (Lipinski definition) is 5. The van der Waals surface area contributed by atoms with Gasteiger partial charge < -0.3 is 35.8 Å². The van der Waals surface area contributed by atoms with Gasteiger partial charge in [-0.2, -0.15) is 0 Å². The maximum Gasteiger partial charge on any atom is 0.305 e. The molecule has 3 rings (SSSR count). The van der Waals surface area contributed by atoms with E-state index in [-0.39, 0.29) is 32.5 Å². The maximum atomic E-state index is 13.1. The van der Waals surface area contributed by atoms with Crippen LogP contribution < -0.4 is 16.0 Å². The van der Waals surface area contributed by atoms with Crippen molar-refractivity contribution in [3.8, 4) is 0 Å². The molecule has 0 unspecified atom stereocenters. The van der Waals surface area contributed by atoms with Crippen LogP contribution in [0.2, 0.25) is 0 Å². The summed E-state index contributed by atoms with van der Waals surface area (Å²) in [5.74, 6) is -6.18. The van der Waals surface area contributed by atoms with Crippen molar-refractivity contribution >= 4 is 53.1 Å². The van der Waals surface area contributed by atoms with Crippen molar-refractivity contribution in [1.29, 1.82) is 0 Å². The first-order chi connectivity index (χ1) is 20.9. The third kappa shape index (κ3) is 9.19. The normalized spacial score (nSPS) is 17.2. The Bertz CT molecular complexity index is 1330. The van der Waals surface area contributed by atoms with Gasteiger partial charge in [0.2, 0.25) is 23.6 Å². The summed E-state index contributed by atoms with van der Waals surface area (Å²) in [4.78, 5) is 99.7. The Balaban J connectivity index is 1.59. The van der Waals surface area contributed by atoms with Crippen molar-refractivity contribution in [3.63, 3.8) is 0 Å². The van der Waals surface area contributed by atoms with Crippen molar-refractivity contribution in [2.75, 3.05) is 25.0 Å². The van der Waals surface area contributed by atoms with Gasteiger partial charge >= 0.3 is 11.9 Å². The molecule has 2 heterocycles. The number of esters is 1. The van der Waals surface area contributed by atoms with Crippen molar-refractivity contribution in [2.24, 2.45) is 0 Å². The Labute approximate surface area is 251 Å². The number of ether oxygens (including phenoxy) is 1. The molecule has 0 spiro atoms. The van der Waals surface area contributed by atoms with Crippen molar-refractivity contribution in [1.82, 2.24) is 20.4 Å². The second kappa shape index (κ2) is 15.4. The molecule has 6 amide bonds. The number of carbonyl (C=O) groups excluding carboxylic acids is 7. The summed E-state index contributed by atoms with van der Waals surface area (Å²) in [6, 6.07) is 2.00. The monoisotopic (exact) mass is 615 g/mol. The molecule has 44 heavy (non-hydrogen) atoms. The fourth-order valence-corrected chi connectivity index (χ4v) is 4.56. The number of carboxylic acid groups (broad SMARTS) is 1. The molecule has 1 aromatic carbocycles. The van der Waals surface area contributed by atoms with Gasteiger partial charge in [-0.1, -0.05) is 12.1 Å². The lowest BCUT2D eigenvalue weighted by Crippen LogP contribution is -2.57. The van der Waals surface area contributed by atoms with E-state index in [0.29, 0.717) is 17.7 Å². The van der Waals surface area contributed by atoms with Crippen LogP contribution >= 0.6 is 0 Å². The number of nitrogens with zero attached hydrogens (tertiary/aromatic N) is 2. The summed E-state index contributed by atoms with van der Waals surface area (Å²) in [6.07, 6.45) is 1.76. The third-order valence-electron chi connectivity index (χ3n) is 6.82. The SMILES string of the molecule is CC(=O)OCc1ccc(NC(=O)[C@H](CO)NC(=O)[C@H](CC(=O)O)NC(=O)[C@@H]2CCCN2C(=O)CCN2C(=O)C=CC2=O)cc1. The van der Waals surface area contributed by atoms with Crippen LogP contribution in [0.4, 0.5) is 5.69 Å². The van der Waals surface area contributed by atoms with E-state index in [9.17, 15) is 48.6 Å². The lowest BCUT2D eigenvalue weighted by molar-refractivity contribution is -0.144. The predicted molar refractivity (Wildman–Crippen MR) is 149 cm³/mol. The molecule has 236 valence electrons. The second-order valence-electron chi connectivity index (χ2n) is 10.0. The van der Waals surface area contributed by atoms with Crippen molar-refractivity contribution < 1.29 is 53.3 Å². The number of imide groups is 1. The van der Waals surface area contributed by atoms with Gasteiger partial charge in [0.15, 0.2) is 0 Å². The number of aliphatic carboxylic acids is 1. The Morgan fingerprint density at radius 1 is 0.977 bits per heavy atom. The first-order valence-electron chi connectivity index (χ1n) is 13.7.